The van der Waals surface area contributed by atoms with Gasteiger partial charge in [0.25, 0.3) is 0 Å². The van der Waals surface area contributed by atoms with Gasteiger partial charge in [-0.25, -0.2) is 14.5 Å². The van der Waals surface area contributed by atoms with Gasteiger partial charge in [-0.05, 0) is 50.4 Å². The van der Waals surface area contributed by atoms with E-state index < -0.39 is 5.97 Å². The number of carbonyl (C=O) groups is 1. The van der Waals surface area contributed by atoms with Gasteiger partial charge in [0, 0.05) is 10.5 Å². The highest BCUT2D eigenvalue weighted by atomic mass is 32.2. The number of carbonyl (C=O) groups excluding carboxylic acids is 1. The highest BCUT2D eigenvalue weighted by Gasteiger charge is 2.22. The zero-order chi connectivity index (χ0) is 25.8. The standard InChI is InChI=1S/C25H26N4O6S/c1-14-22(27-28-29(14)17-8-7-9-18(12-17)36-6)25(30)34-13-19-15(2)35-24(26-19)16-10-20(31-3)23(33-5)21(11-16)32-4/h7-12H,13H2,1-6H3. The maximum absolute atomic E-state index is 12.8. The van der Waals surface area contributed by atoms with E-state index in [2.05, 4.69) is 15.3 Å². The van der Waals surface area contributed by atoms with Crippen molar-refractivity contribution in [3.05, 3.63) is 59.2 Å². The Morgan fingerprint density at radius 2 is 1.78 bits per heavy atom. The van der Waals surface area contributed by atoms with E-state index in [1.54, 1.807) is 42.4 Å². The van der Waals surface area contributed by atoms with Crippen LogP contribution in [0.4, 0.5) is 0 Å². The Balaban J connectivity index is 1.52. The average Bonchev–Trinajstić information content (AvgIpc) is 3.48. The summed E-state index contributed by atoms with van der Waals surface area (Å²) in [6.45, 7) is 3.43. The van der Waals surface area contributed by atoms with Gasteiger partial charge in [0.2, 0.25) is 11.6 Å². The molecule has 188 valence electrons. The molecule has 0 atom stereocenters. The Kier molecular flexibility index (Phi) is 7.49. The van der Waals surface area contributed by atoms with Crippen molar-refractivity contribution >= 4 is 17.7 Å². The SMILES string of the molecule is COc1cc(-c2nc(COC(=O)c3nnn(-c4cccc(SC)c4)c3C)c(C)o2)cc(OC)c1OC. The number of nitrogens with zero attached hydrogens (tertiary/aromatic N) is 4. The van der Waals surface area contributed by atoms with Crippen LogP contribution in [-0.2, 0) is 11.3 Å². The lowest BCUT2D eigenvalue weighted by molar-refractivity contribution is 0.0459. The van der Waals surface area contributed by atoms with Gasteiger partial charge < -0.3 is 23.4 Å². The van der Waals surface area contributed by atoms with Gasteiger partial charge in [0.15, 0.2) is 17.2 Å². The van der Waals surface area contributed by atoms with Gasteiger partial charge in [-0.15, -0.1) is 16.9 Å². The van der Waals surface area contributed by atoms with Crippen molar-refractivity contribution in [1.82, 2.24) is 20.0 Å². The van der Waals surface area contributed by atoms with Crippen LogP contribution in [0.1, 0.15) is 27.6 Å². The van der Waals surface area contributed by atoms with Crippen LogP contribution in [0.15, 0.2) is 45.7 Å². The maximum atomic E-state index is 12.8. The molecule has 4 rings (SSSR count). The number of oxazole rings is 1. The molecule has 4 aromatic rings. The molecule has 0 unspecified atom stereocenters. The number of aryl methyl sites for hydroxylation is 1. The van der Waals surface area contributed by atoms with E-state index in [0.717, 1.165) is 10.6 Å². The molecule has 36 heavy (non-hydrogen) atoms. The fourth-order valence-electron chi connectivity index (χ4n) is 3.60. The van der Waals surface area contributed by atoms with Crippen molar-refractivity contribution in [3.8, 4) is 34.4 Å². The Hall–Kier alpha value is -3.99. The molecule has 2 aromatic carbocycles. The second-order valence-electron chi connectivity index (χ2n) is 7.65. The van der Waals surface area contributed by atoms with E-state index in [4.69, 9.17) is 23.4 Å². The predicted octanol–water partition coefficient (Wildman–Crippen LogP) is 4.64. The quantitative estimate of drug-likeness (QED) is 0.233. The molecular weight excluding hydrogens is 484 g/mol. The number of methoxy groups -OCH3 is 3. The van der Waals surface area contributed by atoms with Crippen LogP contribution in [-0.4, -0.2) is 53.5 Å². The summed E-state index contributed by atoms with van der Waals surface area (Å²) in [7, 11) is 4.60. The molecule has 0 radical (unpaired) electrons. The molecule has 0 amide bonds. The maximum Gasteiger partial charge on any atom is 0.361 e. The summed E-state index contributed by atoms with van der Waals surface area (Å²) in [4.78, 5) is 18.4. The summed E-state index contributed by atoms with van der Waals surface area (Å²) in [6.07, 6.45) is 2.00. The molecular formula is C25H26N4O6S. The number of thioether (sulfide) groups is 1. The van der Waals surface area contributed by atoms with Gasteiger partial charge in [-0.2, -0.15) is 0 Å². The van der Waals surface area contributed by atoms with E-state index in [-0.39, 0.29) is 12.3 Å². The highest BCUT2D eigenvalue weighted by Crippen LogP contribution is 2.41. The third-order valence-electron chi connectivity index (χ3n) is 5.53. The molecule has 10 nitrogen and oxygen atoms in total. The first-order chi connectivity index (χ1) is 17.4. The summed E-state index contributed by atoms with van der Waals surface area (Å²) in [6, 6.07) is 11.3. The lowest BCUT2D eigenvalue weighted by Gasteiger charge is -2.12. The lowest BCUT2D eigenvalue weighted by atomic mass is 10.2. The minimum absolute atomic E-state index is 0.0904. The van der Waals surface area contributed by atoms with Crippen molar-refractivity contribution in [3.63, 3.8) is 0 Å². The zero-order valence-electron chi connectivity index (χ0n) is 20.8. The van der Waals surface area contributed by atoms with Crippen LogP contribution in [0, 0.1) is 13.8 Å². The Bertz CT molecular complexity index is 1370. The summed E-state index contributed by atoms with van der Waals surface area (Å²) in [5.41, 5.74) is 2.62. The van der Waals surface area contributed by atoms with Crippen molar-refractivity contribution in [2.24, 2.45) is 0 Å². The number of aromatic nitrogens is 4. The molecule has 0 spiro atoms. The average molecular weight is 511 g/mol. The molecule has 0 aliphatic carbocycles. The number of hydrogen-bond donors (Lipinski definition) is 0. The van der Waals surface area contributed by atoms with Gasteiger partial charge in [0.1, 0.15) is 18.1 Å². The van der Waals surface area contributed by atoms with Gasteiger partial charge in [-0.3, -0.25) is 0 Å². The Morgan fingerprint density at radius 3 is 2.42 bits per heavy atom. The monoisotopic (exact) mass is 510 g/mol. The van der Waals surface area contributed by atoms with Crippen LogP contribution in [0.5, 0.6) is 17.2 Å². The van der Waals surface area contributed by atoms with E-state index in [1.807, 2.05) is 30.5 Å². The summed E-state index contributed by atoms with van der Waals surface area (Å²) in [5, 5.41) is 8.17. The van der Waals surface area contributed by atoms with Gasteiger partial charge >= 0.3 is 5.97 Å². The van der Waals surface area contributed by atoms with Gasteiger partial charge in [0.05, 0.1) is 32.7 Å². The fraction of sp³-hybridized carbons (Fsp3) is 0.280. The number of esters is 1. The molecule has 2 aromatic heterocycles. The molecule has 0 saturated carbocycles. The summed E-state index contributed by atoms with van der Waals surface area (Å²) < 4.78 is 29.1. The minimum Gasteiger partial charge on any atom is -0.493 e. The highest BCUT2D eigenvalue weighted by molar-refractivity contribution is 7.98. The van der Waals surface area contributed by atoms with E-state index in [0.29, 0.717) is 45.9 Å². The topological polar surface area (TPSA) is 111 Å². The molecule has 11 heteroatoms. The zero-order valence-corrected chi connectivity index (χ0v) is 21.6. The molecule has 2 heterocycles. The molecule has 0 aliphatic heterocycles. The molecule has 0 saturated heterocycles. The van der Waals surface area contributed by atoms with E-state index in [1.165, 1.54) is 21.3 Å². The fourth-order valence-corrected chi connectivity index (χ4v) is 4.05. The Labute approximate surface area is 212 Å². The van der Waals surface area contributed by atoms with Crippen LogP contribution in [0.25, 0.3) is 17.1 Å². The van der Waals surface area contributed by atoms with Gasteiger partial charge in [-0.1, -0.05) is 11.3 Å². The Morgan fingerprint density at radius 1 is 1.06 bits per heavy atom. The largest absolute Gasteiger partial charge is 0.493 e. The molecule has 0 N–H and O–H groups in total. The summed E-state index contributed by atoms with van der Waals surface area (Å²) in [5.74, 6) is 1.64. The third kappa shape index (κ3) is 4.87. The van der Waals surface area contributed by atoms with Crippen molar-refractivity contribution in [2.45, 2.75) is 25.3 Å². The number of benzene rings is 2. The van der Waals surface area contributed by atoms with E-state index >= 15 is 0 Å². The molecule has 0 aliphatic rings. The lowest BCUT2D eigenvalue weighted by Crippen LogP contribution is -2.09. The predicted molar refractivity (Wildman–Crippen MR) is 133 cm³/mol. The van der Waals surface area contributed by atoms with Crippen molar-refractivity contribution < 1.29 is 28.2 Å². The van der Waals surface area contributed by atoms with Crippen LogP contribution >= 0.6 is 11.8 Å². The first kappa shape index (κ1) is 25.1. The van der Waals surface area contributed by atoms with E-state index in [9.17, 15) is 4.79 Å². The molecule has 0 fully saturated rings. The number of rotatable bonds is 9. The van der Waals surface area contributed by atoms with Crippen molar-refractivity contribution in [1.29, 1.82) is 0 Å². The third-order valence-corrected chi connectivity index (χ3v) is 6.26. The van der Waals surface area contributed by atoms with Crippen LogP contribution < -0.4 is 14.2 Å². The van der Waals surface area contributed by atoms with Crippen molar-refractivity contribution in [2.75, 3.05) is 27.6 Å². The number of ether oxygens (including phenoxy) is 4. The first-order valence-corrected chi connectivity index (χ1v) is 12.1. The van der Waals surface area contributed by atoms with Crippen LogP contribution in [0.2, 0.25) is 0 Å². The normalized spacial score (nSPS) is 10.8. The minimum atomic E-state index is -0.600. The number of hydrogen-bond acceptors (Lipinski definition) is 10. The smallest absolute Gasteiger partial charge is 0.361 e. The second-order valence-corrected chi connectivity index (χ2v) is 8.53. The first-order valence-electron chi connectivity index (χ1n) is 10.9. The second kappa shape index (κ2) is 10.7. The van der Waals surface area contributed by atoms with Crippen LogP contribution in [0.3, 0.4) is 0 Å². The summed E-state index contributed by atoms with van der Waals surface area (Å²) >= 11 is 1.62. The molecule has 0 bridgehead atoms.